The van der Waals surface area contributed by atoms with Crippen LogP contribution in [0, 0.1) is 17.3 Å². The van der Waals surface area contributed by atoms with Gasteiger partial charge in [-0.15, -0.1) is 0 Å². The van der Waals surface area contributed by atoms with Crippen LogP contribution in [0.2, 0.25) is 0 Å². The van der Waals surface area contributed by atoms with Crippen molar-refractivity contribution in [1.29, 1.82) is 0 Å². The molecule has 2 aliphatic rings. The first-order valence-corrected chi connectivity index (χ1v) is 23.0. The lowest BCUT2D eigenvalue weighted by Crippen LogP contribution is -2.53. The molecule has 2 aromatic carbocycles. The SMILES string of the molecule is CC(C)C[C@@H](C(=O)N1CCC[C@H]1c1ncc(-c2ccc(-c3ccc(-c4cnc([C@@H]5CCCN5C(=O)[C@H](CC(C)C)N(CC(C)(C)C)C(=O)O)[nH]4)cc3)cc2)[nH]1)N(C)C(=O)OC(C)(C)C. The molecule has 0 bridgehead atoms. The van der Waals surface area contributed by atoms with Crippen molar-refractivity contribution in [2.45, 2.75) is 138 Å². The maximum Gasteiger partial charge on any atom is 0.410 e. The Hall–Kier alpha value is -5.66. The summed E-state index contributed by atoms with van der Waals surface area (Å²) in [5.41, 5.74) is 4.78. The van der Waals surface area contributed by atoms with E-state index >= 15 is 0 Å². The van der Waals surface area contributed by atoms with E-state index < -0.39 is 29.9 Å². The lowest BCUT2D eigenvalue weighted by Gasteiger charge is -2.37. The van der Waals surface area contributed by atoms with Gasteiger partial charge in [0.05, 0.1) is 35.9 Å². The number of nitrogens with one attached hydrogen (secondary N) is 2. The molecular weight excluding hydrogens is 809 g/mol. The van der Waals surface area contributed by atoms with Crippen molar-refractivity contribution in [3.63, 3.8) is 0 Å². The summed E-state index contributed by atoms with van der Waals surface area (Å²) in [7, 11) is 1.65. The Labute approximate surface area is 379 Å². The lowest BCUT2D eigenvalue weighted by molar-refractivity contribution is -0.139. The quantitative estimate of drug-likeness (QED) is 0.112. The van der Waals surface area contributed by atoms with Gasteiger partial charge >= 0.3 is 12.2 Å². The first kappa shape index (κ1) is 47.8. The average molecular weight is 879 g/mol. The van der Waals surface area contributed by atoms with Crippen LogP contribution < -0.4 is 0 Å². The molecule has 2 aliphatic heterocycles. The Morgan fingerprint density at radius 3 is 1.50 bits per heavy atom. The van der Waals surface area contributed by atoms with Gasteiger partial charge < -0.3 is 29.6 Å². The molecule has 0 saturated carbocycles. The van der Waals surface area contributed by atoms with E-state index in [0.717, 1.165) is 65.1 Å². The van der Waals surface area contributed by atoms with E-state index in [1.54, 1.807) is 13.2 Å². The Balaban J connectivity index is 1.12. The molecule has 14 heteroatoms. The number of rotatable bonds is 14. The van der Waals surface area contributed by atoms with Gasteiger partial charge in [0.25, 0.3) is 0 Å². The summed E-state index contributed by atoms with van der Waals surface area (Å²) in [6.45, 7) is 21.0. The van der Waals surface area contributed by atoms with Gasteiger partial charge in [-0.05, 0) is 98.8 Å². The number of carbonyl (C=O) groups excluding carboxylic acids is 3. The molecule has 64 heavy (non-hydrogen) atoms. The van der Waals surface area contributed by atoms with Crippen LogP contribution in [0.5, 0.6) is 0 Å². The minimum Gasteiger partial charge on any atom is -0.465 e. The lowest BCUT2D eigenvalue weighted by atomic mass is 9.93. The highest BCUT2D eigenvalue weighted by atomic mass is 16.6. The summed E-state index contributed by atoms with van der Waals surface area (Å²) < 4.78 is 5.63. The molecule has 2 saturated heterocycles. The molecule has 3 N–H and O–H groups in total. The molecule has 4 amide bonds. The summed E-state index contributed by atoms with van der Waals surface area (Å²) in [6.07, 6.45) is 6.22. The Morgan fingerprint density at radius 2 is 1.11 bits per heavy atom. The molecule has 2 fully saturated rings. The van der Waals surface area contributed by atoms with Crippen LogP contribution in [0.25, 0.3) is 33.6 Å². The van der Waals surface area contributed by atoms with Crippen LogP contribution in [-0.4, -0.2) is 113 Å². The van der Waals surface area contributed by atoms with Gasteiger partial charge in [0.1, 0.15) is 29.3 Å². The summed E-state index contributed by atoms with van der Waals surface area (Å²) in [5.74, 6) is 1.52. The molecule has 0 radical (unpaired) electrons. The fraction of sp³-hybridized carbons (Fsp3) is 0.560. The van der Waals surface area contributed by atoms with Crippen molar-refractivity contribution in [1.82, 2.24) is 39.5 Å². The van der Waals surface area contributed by atoms with Crippen LogP contribution in [0.3, 0.4) is 0 Å². The topological polar surface area (TPSA) is 168 Å². The second kappa shape index (κ2) is 19.6. The van der Waals surface area contributed by atoms with Gasteiger partial charge in [0, 0.05) is 26.7 Å². The maximum absolute atomic E-state index is 14.2. The first-order chi connectivity index (χ1) is 30.1. The van der Waals surface area contributed by atoms with Gasteiger partial charge in [0.2, 0.25) is 11.8 Å². The summed E-state index contributed by atoms with van der Waals surface area (Å²) >= 11 is 0. The zero-order chi connectivity index (χ0) is 46.7. The van der Waals surface area contributed by atoms with Crippen molar-refractivity contribution < 1.29 is 29.0 Å². The number of H-pyrrole nitrogens is 2. The van der Waals surface area contributed by atoms with E-state index in [4.69, 9.17) is 14.7 Å². The average Bonchev–Trinajstić information content (AvgIpc) is 4.06. The van der Waals surface area contributed by atoms with E-state index in [-0.39, 0.29) is 47.7 Å². The summed E-state index contributed by atoms with van der Waals surface area (Å²) in [4.78, 5) is 76.8. The molecule has 0 aliphatic carbocycles. The Morgan fingerprint density at radius 1 is 0.703 bits per heavy atom. The predicted octanol–water partition coefficient (Wildman–Crippen LogP) is 10.2. The number of ether oxygens (including phenoxy) is 1. The van der Waals surface area contributed by atoms with Gasteiger partial charge in [-0.2, -0.15) is 0 Å². The number of benzene rings is 2. The normalized spacial score (nSPS) is 17.8. The van der Waals surface area contributed by atoms with Gasteiger partial charge in [-0.25, -0.2) is 19.6 Å². The van der Waals surface area contributed by atoms with E-state index in [9.17, 15) is 24.3 Å². The third kappa shape index (κ3) is 11.5. The van der Waals surface area contributed by atoms with Crippen molar-refractivity contribution in [3.8, 4) is 33.6 Å². The van der Waals surface area contributed by atoms with Crippen LogP contribution >= 0.6 is 0 Å². The van der Waals surface area contributed by atoms with E-state index in [0.29, 0.717) is 31.8 Å². The second-order valence-corrected chi connectivity index (χ2v) is 20.8. The zero-order valence-electron chi connectivity index (χ0n) is 39.8. The van der Waals surface area contributed by atoms with E-state index in [1.165, 1.54) is 9.80 Å². The number of carbonyl (C=O) groups is 4. The highest BCUT2D eigenvalue weighted by Gasteiger charge is 2.42. The third-order valence-electron chi connectivity index (χ3n) is 12.0. The highest BCUT2D eigenvalue weighted by Crippen LogP contribution is 2.36. The summed E-state index contributed by atoms with van der Waals surface area (Å²) in [5, 5.41) is 10.2. The Kier molecular flexibility index (Phi) is 14.6. The Bertz CT molecular complexity index is 2230. The molecule has 346 valence electrons. The predicted molar refractivity (Wildman–Crippen MR) is 249 cm³/mol. The van der Waals surface area contributed by atoms with Crippen molar-refractivity contribution in [2.75, 3.05) is 26.7 Å². The number of amides is 4. The number of aromatic nitrogens is 4. The number of imidazole rings is 2. The van der Waals surface area contributed by atoms with Gasteiger partial charge in [-0.1, -0.05) is 97.0 Å². The minimum atomic E-state index is -1.07. The molecule has 4 aromatic rings. The molecule has 6 rings (SSSR count). The van der Waals surface area contributed by atoms with Gasteiger partial charge in [-0.3, -0.25) is 19.4 Å². The molecule has 4 heterocycles. The fourth-order valence-electron chi connectivity index (χ4n) is 8.96. The zero-order valence-corrected chi connectivity index (χ0v) is 39.8. The number of nitrogens with zero attached hydrogens (tertiary/aromatic N) is 6. The smallest absolute Gasteiger partial charge is 0.410 e. The number of likely N-dealkylation sites (N-methyl/N-ethyl adjacent to an activating group) is 1. The van der Waals surface area contributed by atoms with E-state index in [2.05, 4.69) is 72.3 Å². The van der Waals surface area contributed by atoms with Crippen molar-refractivity contribution >= 4 is 24.0 Å². The first-order valence-electron chi connectivity index (χ1n) is 23.0. The number of likely N-dealkylation sites (tertiary alicyclic amines) is 2. The molecule has 2 aromatic heterocycles. The molecule has 4 atom stereocenters. The number of aromatic amines is 2. The molecule has 0 unspecified atom stereocenters. The maximum atomic E-state index is 14.2. The summed E-state index contributed by atoms with van der Waals surface area (Å²) in [6, 6.07) is 14.7. The standard InChI is InChI=1S/C50H70N8O6/c1-31(2)26-41(55(11)48(63)64-50(8,9)10)45(59)56-24-12-14-39(56)43-51-28-37(53-43)35-20-16-33(17-21-35)34-18-22-36(23-19-34)38-29-52-44(54-38)40-15-13-25-57(40)46(60)42(27-32(3)4)58(47(61)62)30-49(5,6)7/h16-23,28-29,31-32,39-42H,12-15,24-27,30H2,1-11H3,(H,51,53)(H,52,54)(H,61,62)/t39-,40-,41-,42-/m0/s1. The van der Waals surface area contributed by atoms with E-state index in [1.807, 2.05) is 71.4 Å². The van der Waals surface area contributed by atoms with Crippen LogP contribution in [0.1, 0.15) is 131 Å². The van der Waals surface area contributed by atoms with Crippen LogP contribution in [0.15, 0.2) is 60.9 Å². The van der Waals surface area contributed by atoms with Crippen LogP contribution in [-0.2, 0) is 14.3 Å². The fourth-order valence-corrected chi connectivity index (χ4v) is 8.96. The van der Waals surface area contributed by atoms with Gasteiger partial charge in [0.15, 0.2) is 0 Å². The number of hydrogen-bond acceptors (Lipinski definition) is 7. The van der Waals surface area contributed by atoms with Crippen molar-refractivity contribution in [2.24, 2.45) is 17.3 Å². The molecular formula is C50H70N8O6. The second-order valence-electron chi connectivity index (χ2n) is 20.8. The largest absolute Gasteiger partial charge is 0.465 e. The highest BCUT2D eigenvalue weighted by molar-refractivity contribution is 5.87. The minimum absolute atomic E-state index is 0.0914. The molecule has 14 nitrogen and oxygen atoms in total. The third-order valence-corrected chi connectivity index (χ3v) is 12.0. The number of hydrogen-bond donors (Lipinski definition) is 3. The molecule has 0 spiro atoms. The van der Waals surface area contributed by atoms with Crippen LogP contribution in [0.4, 0.5) is 9.59 Å². The number of carboxylic acid groups (broad SMARTS) is 1. The van der Waals surface area contributed by atoms with Crippen molar-refractivity contribution in [3.05, 3.63) is 72.6 Å². The monoisotopic (exact) mass is 879 g/mol.